The van der Waals surface area contributed by atoms with Crippen molar-refractivity contribution in [1.29, 1.82) is 0 Å². The summed E-state index contributed by atoms with van der Waals surface area (Å²) in [4.78, 5) is 5.62. The molecule has 0 amide bonds. The Morgan fingerprint density at radius 1 is 0.377 bits per heavy atom. The van der Waals surface area contributed by atoms with E-state index in [-0.39, 0.29) is 39.3 Å². The van der Waals surface area contributed by atoms with Crippen LogP contribution >= 0.6 is 0 Å². The fourth-order valence-corrected chi connectivity index (χ4v) is 15.6. The van der Waals surface area contributed by atoms with Gasteiger partial charge in [0.15, 0.2) is 0 Å². The molecule has 0 bridgehead atoms. The van der Waals surface area contributed by atoms with Gasteiger partial charge in [-0.2, -0.15) is 0 Å². The Morgan fingerprint density at radius 2 is 0.884 bits per heavy atom. The molecule has 0 atom stereocenters. The van der Waals surface area contributed by atoms with Crippen LogP contribution in [0.3, 0.4) is 0 Å². The summed E-state index contributed by atoms with van der Waals surface area (Å²) in [5, 5.41) is 0. The van der Waals surface area contributed by atoms with Gasteiger partial charge in [0.2, 0.25) is 0 Å². The Labute approximate surface area is 412 Å². The number of para-hydroxylation sites is 2. The summed E-state index contributed by atoms with van der Waals surface area (Å²) < 4.78 is 0. The minimum atomic E-state index is -0.210. The zero-order valence-electron chi connectivity index (χ0n) is 43.6. The smallest absolute Gasteiger partial charge is 0.333 e. The van der Waals surface area contributed by atoms with E-state index in [2.05, 4.69) is 210 Å². The van der Waals surface area contributed by atoms with Gasteiger partial charge in [-0.15, -0.1) is 0 Å². The Balaban J connectivity index is 1.18. The molecule has 0 saturated carbocycles. The van der Waals surface area contributed by atoms with E-state index < -0.39 is 0 Å². The predicted molar refractivity (Wildman–Crippen MR) is 294 cm³/mol. The molecule has 14 rings (SSSR count). The summed E-state index contributed by atoms with van der Waals surface area (Å²) in [6, 6.07) is 42.1. The molecule has 3 heteroatoms. The van der Waals surface area contributed by atoms with E-state index in [9.17, 15) is 0 Å². The van der Waals surface area contributed by atoms with Crippen molar-refractivity contribution in [1.82, 2.24) is 0 Å². The number of anilines is 5. The Kier molecular flexibility index (Phi) is 7.78. The molecular formula is C66H67BN2. The zero-order valence-corrected chi connectivity index (χ0v) is 43.6. The first-order valence-corrected chi connectivity index (χ1v) is 26.2. The van der Waals surface area contributed by atoms with E-state index >= 15 is 0 Å². The van der Waals surface area contributed by atoms with Crippen LogP contribution in [0.4, 0.5) is 28.4 Å². The van der Waals surface area contributed by atoms with Gasteiger partial charge >= 0.3 is 6.85 Å². The van der Waals surface area contributed by atoms with Crippen molar-refractivity contribution in [2.24, 2.45) is 0 Å². The van der Waals surface area contributed by atoms with Gasteiger partial charge in [0.25, 0.3) is 0 Å². The van der Waals surface area contributed by atoms with E-state index in [0.717, 1.165) is 0 Å². The van der Waals surface area contributed by atoms with Crippen LogP contribution < -0.4 is 20.6 Å². The average molecular weight is 899 g/mol. The molecule has 0 saturated heterocycles. The van der Waals surface area contributed by atoms with Gasteiger partial charge in [0.1, 0.15) is 0 Å². The molecule has 2 nitrogen and oxygen atoms in total. The van der Waals surface area contributed by atoms with E-state index in [1.165, 1.54) is 165 Å². The maximum atomic E-state index is 2.86. The first-order chi connectivity index (χ1) is 32.6. The minimum absolute atomic E-state index is 0.0129. The van der Waals surface area contributed by atoms with Crippen molar-refractivity contribution in [3.63, 3.8) is 0 Å². The van der Waals surface area contributed by atoms with Gasteiger partial charge in [-0.05, 0) is 179 Å². The van der Waals surface area contributed by atoms with Gasteiger partial charge < -0.3 is 9.71 Å². The molecule has 0 N–H and O–H groups in total. The molecule has 0 spiro atoms. The molecule has 0 aromatic heterocycles. The Bertz CT molecular complexity index is 3550. The second kappa shape index (κ2) is 12.7. The fourth-order valence-electron chi connectivity index (χ4n) is 15.6. The highest BCUT2D eigenvalue weighted by molar-refractivity contribution is 6.95. The number of nitrogens with zero attached hydrogens (tertiary/aromatic N) is 2. The summed E-state index contributed by atoms with van der Waals surface area (Å²) in [5.74, 6) is 0. The van der Waals surface area contributed by atoms with Gasteiger partial charge in [0, 0.05) is 50.4 Å². The number of rotatable bonds is 2. The monoisotopic (exact) mass is 899 g/mol. The summed E-state index contributed by atoms with van der Waals surface area (Å²) in [7, 11) is 0. The van der Waals surface area contributed by atoms with E-state index in [1.807, 2.05) is 0 Å². The Morgan fingerprint density at radius 3 is 1.51 bits per heavy atom. The quantitative estimate of drug-likeness (QED) is 0.160. The predicted octanol–water partition coefficient (Wildman–Crippen LogP) is 16.3. The van der Waals surface area contributed by atoms with Crippen LogP contribution in [-0.2, 0) is 32.5 Å². The minimum Gasteiger partial charge on any atom is -0.375 e. The molecule has 7 aromatic carbocycles. The molecule has 4 heterocycles. The van der Waals surface area contributed by atoms with Gasteiger partial charge in [-0.25, -0.2) is 0 Å². The van der Waals surface area contributed by atoms with Crippen molar-refractivity contribution in [2.45, 2.75) is 155 Å². The summed E-state index contributed by atoms with van der Waals surface area (Å²) in [6.07, 6.45) is 4.79. The first kappa shape index (κ1) is 42.1. The maximum absolute atomic E-state index is 2.86. The number of fused-ring (bicyclic) bond motifs is 8. The Hall–Kier alpha value is -5.80. The highest BCUT2D eigenvalue weighted by Gasteiger charge is 2.56. The van der Waals surface area contributed by atoms with Crippen LogP contribution in [-0.4, -0.2) is 6.85 Å². The molecule has 3 aliphatic carbocycles. The number of aryl methyl sites for hydroxylation is 2. The molecule has 69 heavy (non-hydrogen) atoms. The number of benzene rings is 7. The van der Waals surface area contributed by atoms with Crippen LogP contribution in [0.15, 0.2) is 103 Å². The van der Waals surface area contributed by atoms with Gasteiger partial charge in [-0.3, -0.25) is 0 Å². The summed E-state index contributed by atoms with van der Waals surface area (Å²) in [5.41, 5.74) is 35.4. The molecule has 0 fully saturated rings. The topological polar surface area (TPSA) is 6.48 Å². The summed E-state index contributed by atoms with van der Waals surface area (Å²) in [6.45, 7) is 34.6. The van der Waals surface area contributed by atoms with E-state index in [0.29, 0.717) is 0 Å². The summed E-state index contributed by atoms with van der Waals surface area (Å²) >= 11 is 0. The number of hydrogen-bond acceptors (Lipinski definition) is 2. The van der Waals surface area contributed by atoms with E-state index in [4.69, 9.17) is 0 Å². The largest absolute Gasteiger partial charge is 0.375 e. The zero-order chi connectivity index (χ0) is 48.0. The van der Waals surface area contributed by atoms with Crippen LogP contribution in [0, 0.1) is 13.8 Å². The van der Waals surface area contributed by atoms with Crippen LogP contribution in [0.25, 0.3) is 44.5 Å². The molecule has 7 aromatic rings. The second-order valence-electron chi connectivity index (χ2n) is 26.3. The molecule has 0 radical (unpaired) electrons. The molecule has 4 aliphatic heterocycles. The SMILES string of the molecule is Cc1cc2c(cc1-c1ccc3c4c1-c1cccc5c1N1B4c4c(cc6c(c4-c4cccc(c41)C5(C)C)C(C)(C)c1ccccc1-6)N3c1cc3c(cc1C)C(C)(C)CCC3(C)C)C(C)(C)CCC2(C)C. The van der Waals surface area contributed by atoms with Gasteiger partial charge in [0.05, 0.1) is 0 Å². The third-order valence-electron chi connectivity index (χ3n) is 19.7. The lowest BCUT2D eigenvalue weighted by molar-refractivity contribution is 0.332. The molecule has 0 unspecified atom stereocenters. The van der Waals surface area contributed by atoms with Crippen molar-refractivity contribution in [3.05, 3.63) is 159 Å². The average Bonchev–Trinajstić information content (AvgIpc) is 3.53. The van der Waals surface area contributed by atoms with Crippen LogP contribution in [0.5, 0.6) is 0 Å². The van der Waals surface area contributed by atoms with E-state index in [1.54, 1.807) is 0 Å². The molecule has 7 aliphatic rings. The second-order valence-corrected chi connectivity index (χ2v) is 26.3. The maximum Gasteiger partial charge on any atom is 0.333 e. The van der Waals surface area contributed by atoms with Crippen molar-refractivity contribution in [3.8, 4) is 44.5 Å². The van der Waals surface area contributed by atoms with Crippen LogP contribution in [0.2, 0.25) is 0 Å². The lowest BCUT2D eigenvalue weighted by Crippen LogP contribution is -2.65. The lowest BCUT2D eigenvalue weighted by Gasteiger charge is -2.55. The molecule has 344 valence electrons. The number of hydrogen-bond donors (Lipinski definition) is 0. The fraction of sp³-hybridized carbons (Fsp3) is 0.364. The first-order valence-electron chi connectivity index (χ1n) is 26.2. The third kappa shape index (κ3) is 5.01. The van der Waals surface area contributed by atoms with Crippen molar-refractivity contribution in [2.75, 3.05) is 9.71 Å². The third-order valence-corrected chi connectivity index (χ3v) is 19.7. The molecular weight excluding hydrogens is 832 g/mol. The normalized spacial score (nSPS) is 20.4. The van der Waals surface area contributed by atoms with Crippen LogP contribution in [0.1, 0.15) is 164 Å². The lowest BCUT2D eigenvalue weighted by atomic mass is 9.39. The van der Waals surface area contributed by atoms with Crippen molar-refractivity contribution < 1.29 is 0 Å². The van der Waals surface area contributed by atoms with Crippen molar-refractivity contribution >= 4 is 46.2 Å². The van der Waals surface area contributed by atoms with Gasteiger partial charge in [-0.1, -0.05) is 168 Å². The standard InChI is InChI=1S/C66H67BN2/c1-36-31-47-49(63(7,8)29-27-61(47,3)4)33-42(36)39-25-26-51-57-54(39)40-20-17-23-45-59(40)69-60-41(21-18-24-46(60)65(45,11)12)55-56-43(38-19-15-16-22-44(38)66(56,13)14)34-53(58(55)67(57)69)68(51)52-35-50-48(32-37(52)2)62(5,6)28-30-64(50,9)10/h15-26,31-35H,27-30H2,1-14H3. The highest BCUT2D eigenvalue weighted by Crippen LogP contribution is 2.64. The highest BCUT2D eigenvalue weighted by atomic mass is 15.2.